The van der Waals surface area contributed by atoms with Gasteiger partial charge in [-0.15, -0.1) is 0 Å². The number of aliphatic hydroxyl groups is 1. The molecule has 0 aliphatic carbocycles. The molecule has 0 radical (unpaired) electrons. The maximum absolute atomic E-state index is 9.30. The highest BCUT2D eigenvalue weighted by atomic mass is 35.5. The molecule has 0 saturated heterocycles. The highest BCUT2D eigenvalue weighted by Gasteiger charge is 2.19. The Morgan fingerprint density at radius 2 is 2.00 bits per heavy atom. The predicted octanol–water partition coefficient (Wildman–Crippen LogP) is 2.63. The van der Waals surface area contributed by atoms with Crippen molar-refractivity contribution in [3.05, 3.63) is 17.0 Å². The van der Waals surface area contributed by atoms with Gasteiger partial charge in [0, 0.05) is 25.1 Å². The fraction of sp³-hybridized carbons (Fsp3) is 0.692. The van der Waals surface area contributed by atoms with E-state index in [0.29, 0.717) is 11.6 Å². The topological polar surface area (TPSA) is 49.2 Å². The Hall–Kier alpha value is -0.870. The lowest BCUT2D eigenvalue weighted by molar-refractivity contribution is 0.187. The summed E-state index contributed by atoms with van der Waals surface area (Å²) in [7, 11) is 1.94. The second-order valence-corrected chi connectivity index (χ2v) is 6.07. The molecule has 1 N–H and O–H groups in total. The van der Waals surface area contributed by atoms with Gasteiger partial charge in [-0.3, -0.25) is 0 Å². The third-order valence-electron chi connectivity index (χ3n) is 2.63. The van der Waals surface area contributed by atoms with Gasteiger partial charge in [0.2, 0.25) is 0 Å². The number of aromatic nitrogens is 2. The summed E-state index contributed by atoms with van der Waals surface area (Å²) in [5, 5.41) is 9.75. The molecule has 5 heteroatoms. The molecule has 4 nitrogen and oxygen atoms in total. The van der Waals surface area contributed by atoms with Gasteiger partial charge < -0.3 is 10.0 Å². The van der Waals surface area contributed by atoms with Crippen molar-refractivity contribution in [3.63, 3.8) is 0 Å². The van der Waals surface area contributed by atoms with Crippen molar-refractivity contribution >= 4 is 17.4 Å². The summed E-state index contributed by atoms with van der Waals surface area (Å²) in [4.78, 5) is 10.8. The summed E-state index contributed by atoms with van der Waals surface area (Å²) in [6.07, 6.45) is 0.384. The highest BCUT2D eigenvalue weighted by molar-refractivity contribution is 6.29. The molecule has 0 aliphatic heterocycles. The van der Waals surface area contributed by atoms with Gasteiger partial charge in [-0.25, -0.2) is 9.97 Å². The van der Waals surface area contributed by atoms with Crippen molar-refractivity contribution in [2.45, 2.75) is 45.6 Å². The molecule has 1 heterocycles. The van der Waals surface area contributed by atoms with Crippen LogP contribution in [0.4, 0.5) is 5.82 Å². The van der Waals surface area contributed by atoms with Crippen LogP contribution >= 0.6 is 11.6 Å². The lowest BCUT2D eigenvalue weighted by atomic mass is 9.96. The minimum atomic E-state index is -0.313. The van der Waals surface area contributed by atoms with Crippen LogP contribution in [0.3, 0.4) is 0 Å². The Morgan fingerprint density at radius 1 is 1.39 bits per heavy atom. The van der Waals surface area contributed by atoms with Gasteiger partial charge in [0.05, 0.1) is 6.10 Å². The lowest BCUT2D eigenvalue weighted by Gasteiger charge is -2.22. The standard InChI is InChI=1S/C13H22ClN3O/c1-9(18)6-7-17(5)11-8-10(14)15-12(16-11)13(2,3)4/h8-9,18H,6-7H2,1-5H3. The van der Waals surface area contributed by atoms with Crippen LogP contribution in [0.5, 0.6) is 0 Å². The van der Waals surface area contributed by atoms with E-state index in [2.05, 4.69) is 30.7 Å². The Morgan fingerprint density at radius 3 is 2.50 bits per heavy atom. The predicted molar refractivity (Wildman–Crippen MR) is 75.3 cm³/mol. The molecular formula is C13H22ClN3O. The van der Waals surface area contributed by atoms with Crippen molar-refractivity contribution in [1.82, 2.24) is 9.97 Å². The number of nitrogens with zero attached hydrogens (tertiary/aromatic N) is 3. The highest BCUT2D eigenvalue weighted by Crippen LogP contribution is 2.23. The molecule has 1 aromatic heterocycles. The van der Waals surface area contributed by atoms with E-state index in [1.165, 1.54) is 0 Å². The normalized spacial score (nSPS) is 13.5. The first-order chi connectivity index (χ1) is 8.20. The molecule has 0 aliphatic rings. The zero-order valence-electron chi connectivity index (χ0n) is 11.7. The average Bonchev–Trinajstić information content (AvgIpc) is 2.23. The number of anilines is 1. The fourth-order valence-electron chi connectivity index (χ4n) is 1.43. The van der Waals surface area contributed by atoms with Crippen LogP contribution in [0.1, 0.15) is 39.9 Å². The zero-order chi connectivity index (χ0) is 13.9. The smallest absolute Gasteiger partial charge is 0.137 e. The van der Waals surface area contributed by atoms with E-state index in [-0.39, 0.29) is 11.5 Å². The van der Waals surface area contributed by atoms with Gasteiger partial charge in [0.15, 0.2) is 0 Å². The van der Waals surface area contributed by atoms with Crippen LogP contribution in [-0.4, -0.2) is 34.8 Å². The fourth-order valence-corrected chi connectivity index (χ4v) is 1.61. The van der Waals surface area contributed by atoms with Gasteiger partial charge in [-0.1, -0.05) is 32.4 Å². The van der Waals surface area contributed by atoms with Gasteiger partial charge in [-0.05, 0) is 13.3 Å². The lowest BCUT2D eigenvalue weighted by Crippen LogP contribution is -2.25. The summed E-state index contributed by atoms with van der Waals surface area (Å²) in [6, 6.07) is 1.75. The Labute approximate surface area is 114 Å². The molecular weight excluding hydrogens is 250 g/mol. The minimum Gasteiger partial charge on any atom is -0.393 e. The first-order valence-electron chi connectivity index (χ1n) is 6.14. The zero-order valence-corrected chi connectivity index (χ0v) is 12.5. The van der Waals surface area contributed by atoms with Gasteiger partial charge in [0.1, 0.15) is 16.8 Å². The van der Waals surface area contributed by atoms with Gasteiger partial charge in [-0.2, -0.15) is 0 Å². The molecule has 0 fully saturated rings. The molecule has 1 atom stereocenters. The van der Waals surface area contributed by atoms with Crippen molar-refractivity contribution in [2.24, 2.45) is 0 Å². The summed E-state index contributed by atoms with van der Waals surface area (Å²) in [6.45, 7) is 8.67. The van der Waals surface area contributed by atoms with Crippen molar-refractivity contribution in [2.75, 3.05) is 18.5 Å². The molecule has 0 saturated carbocycles. The number of aliphatic hydroxyl groups excluding tert-OH is 1. The molecule has 1 aromatic rings. The largest absolute Gasteiger partial charge is 0.393 e. The van der Waals surface area contributed by atoms with E-state index < -0.39 is 0 Å². The van der Waals surface area contributed by atoms with Gasteiger partial charge in [0.25, 0.3) is 0 Å². The SMILES string of the molecule is CC(O)CCN(C)c1cc(Cl)nc(C(C)(C)C)n1. The number of halogens is 1. The maximum atomic E-state index is 9.30. The molecule has 0 spiro atoms. The van der Waals surface area contributed by atoms with Crippen LogP contribution in [-0.2, 0) is 5.41 Å². The summed E-state index contributed by atoms with van der Waals surface area (Å²) < 4.78 is 0. The molecule has 102 valence electrons. The number of rotatable bonds is 4. The molecule has 1 unspecified atom stereocenters. The molecule has 0 aromatic carbocycles. The van der Waals surface area contributed by atoms with E-state index in [9.17, 15) is 5.11 Å². The Bertz CT molecular complexity index is 402. The number of hydrogen-bond donors (Lipinski definition) is 1. The summed E-state index contributed by atoms with van der Waals surface area (Å²) >= 11 is 6.04. The third-order valence-corrected chi connectivity index (χ3v) is 2.82. The summed E-state index contributed by atoms with van der Waals surface area (Å²) in [5.74, 6) is 1.52. The van der Waals surface area contributed by atoms with Crippen LogP contribution in [0, 0.1) is 0 Å². The van der Waals surface area contributed by atoms with Crippen molar-refractivity contribution in [1.29, 1.82) is 0 Å². The first-order valence-corrected chi connectivity index (χ1v) is 6.52. The average molecular weight is 272 g/mol. The second-order valence-electron chi connectivity index (χ2n) is 5.68. The molecule has 18 heavy (non-hydrogen) atoms. The van der Waals surface area contributed by atoms with Crippen LogP contribution in [0.2, 0.25) is 5.15 Å². The molecule has 0 amide bonds. The van der Waals surface area contributed by atoms with Gasteiger partial charge >= 0.3 is 0 Å². The summed E-state index contributed by atoms with van der Waals surface area (Å²) in [5.41, 5.74) is -0.134. The van der Waals surface area contributed by atoms with E-state index in [1.54, 1.807) is 13.0 Å². The van der Waals surface area contributed by atoms with Crippen LogP contribution < -0.4 is 4.90 Å². The molecule has 1 rings (SSSR count). The number of hydrogen-bond acceptors (Lipinski definition) is 4. The maximum Gasteiger partial charge on any atom is 0.137 e. The second kappa shape index (κ2) is 5.85. The van der Waals surface area contributed by atoms with E-state index in [0.717, 1.165) is 18.2 Å². The van der Waals surface area contributed by atoms with E-state index in [1.807, 2.05) is 11.9 Å². The van der Waals surface area contributed by atoms with Crippen molar-refractivity contribution in [3.8, 4) is 0 Å². The minimum absolute atomic E-state index is 0.134. The Balaban J connectivity index is 2.92. The quantitative estimate of drug-likeness (QED) is 0.856. The van der Waals surface area contributed by atoms with E-state index >= 15 is 0 Å². The van der Waals surface area contributed by atoms with Crippen LogP contribution in [0.15, 0.2) is 6.07 Å². The van der Waals surface area contributed by atoms with E-state index in [4.69, 9.17) is 11.6 Å². The monoisotopic (exact) mass is 271 g/mol. The van der Waals surface area contributed by atoms with Crippen molar-refractivity contribution < 1.29 is 5.11 Å². The Kier molecular flexibility index (Phi) is 4.93. The third kappa shape index (κ3) is 4.42. The van der Waals surface area contributed by atoms with Crippen LogP contribution in [0.25, 0.3) is 0 Å². The molecule has 0 bridgehead atoms. The first kappa shape index (κ1) is 15.2.